The van der Waals surface area contributed by atoms with Crippen LogP contribution in [0.4, 0.5) is 0 Å². The molecule has 2 atom stereocenters. The summed E-state index contributed by atoms with van der Waals surface area (Å²) in [5, 5.41) is 0. The van der Waals surface area contributed by atoms with Crippen molar-refractivity contribution in [1.82, 2.24) is 0 Å². The number of hydrogen-bond acceptors (Lipinski definition) is 3. The van der Waals surface area contributed by atoms with Crippen molar-refractivity contribution in [3.05, 3.63) is 21.9 Å². The van der Waals surface area contributed by atoms with Crippen LogP contribution < -0.4 is 5.73 Å². The van der Waals surface area contributed by atoms with E-state index in [1.807, 2.05) is 11.3 Å². The van der Waals surface area contributed by atoms with Gasteiger partial charge < -0.3 is 10.5 Å². The van der Waals surface area contributed by atoms with E-state index in [-0.39, 0.29) is 6.04 Å². The summed E-state index contributed by atoms with van der Waals surface area (Å²) in [4.78, 5) is 2.64. The van der Waals surface area contributed by atoms with Gasteiger partial charge in [0.15, 0.2) is 0 Å². The summed E-state index contributed by atoms with van der Waals surface area (Å²) in [6, 6.07) is 4.47. The minimum Gasteiger partial charge on any atom is -0.381 e. The summed E-state index contributed by atoms with van der Waals surface area (Å²) in [7, 11) is 0. The lowest BCUT2D eigenvalue weighted by molar-refractivity contribution is 0.0452. The van der Waals surface area contributed by atoms with E-state index in [0.29, 0.717) is 5.92 Å². The fourth-order valence-corrected chi connectivity index (χ4v) is 2.89. The molecular formula is C11H17NOS. The summed E-state index contributed by atoms with van der Waals surface area (Å²) in [5.74, 6) is 0.516. The standard InChI is InChI=1S/C11H17NOS/c1-8-4-5-10(14-8)11(12)9-3-2-6-13-7-9/h4-5,9,11H,2-3,6-7,12H2,1H3. The lowest BCUT2D eigenvalue weighted by atomic mass is 9.93. The van der Waals surface area contributed by atoms with E-state index in [1.54, 1.807) is 0 Å². The van der Waals surface area contributed by atoms with E-state index in [9.17, 15) is 0 Å². The van der Waals surface area contributed by atoms with E-state index < -0.39 is 0 Å². The Bertz CT molecular complexity index is 291. The van der Waals surface area contributed by atoms with E-state index in [0.717, 1.165) is 19.6 Å². The quantitative estimate of drug-likeness (QED) is 0.815. The van der Waals surface area contributed by atoms with Gasteiger partial charge in [0.2, 0.25) is 0 Å². The maximum absolute atomic E-state index is 6.21. The Morgan fingerprint density at radius 3 is 3.00 bits per heavy atom. The van der Waals surface area contributed by atoms with Gasteiger partial charge in [-0.2, -0.15) is 0 Å². The van der Waals surface area contributed by atoms with Gasteiger partial charge in [-0.25, -0.2) is 0 Å². The van der Waals surface area contributed by atoms with Gasteiger partial charge >= 0.3 is 0 Å². The SMILES string of the molecule is Cc1ccc(C(N)C2CCCOC2)s1. The average Bonchev–Trinajstić information content (AvgIpc) is 2.65. The van der Waals surface area contributed by atoms with Gasteiger partial charge in [-0.1, -0.05) is 0 Å². The van der Waals surface area contributed by atoms with Crippen molar-refractivity contribution in [3.63, 3.8) is 0 Å². The predicted octanol–water partition coefficient (Wildman–Crippen LogP) is 2.48. The summed E-state index contributed by atoms with van der Waals surface area (Å²) >= 11 is 1.81. The third-order valence-electron chi connectivity index (χ3n) is 2.79. The summed E-state index contributed by atoms with van der Waals surface area (Å²) in [5.41, 5.74) is 6.21. The van der Waals surface area contributed by atoms with E-state index in [4.69, 9.17) is 10.5 Å². The first kappa shape index (κ1) is 10.1. The average molecular weight is 211 g/mol. The molecule has 0 aliphatic carbocycles. The van der Waals surface area contributed by atoms with Gasteiger partial charge in [0.1, 0.15) is 0 Å². The van der Waals surface area contributed by atoms with Crippen molar-refractivity contribution in [2.24, 2.45) is 11.7 Å². The Hall–Kier alpha value is -0.380. The molecule has 0 spiro atoms. The zero-order valence-corrected chi connectivity index (χ0v) is 9.35. The molecule has 0 radical (unpaired) electrons. The summed E-state index contributed by atoms with van der Waals surface area (Å²) < 4.78 is 5.46. The highest BCUT2D eigenvalue weighted by Gasteiger charge is 2.23. The van der Waals surface area contributed by atoms with Gasteiger partial charge in [0.25, 0.3) is 0 Å². The second-order valence-corrected chi connectivity index (χ2v) is 5.27. The van der Waals surface area contributed by atoms with Crippen LogP contribution in [-0.4, -0.2) is 13.2 Å². The second kappa shape index (κ2) is 4.43. The van der Waals surface area contributed by atoms with Crippen molar-refractivity contribution >= 4 is 11.3 Å². The lowest BCUT2D eigenvalue weighted by Gasteiger charge is -2.26. The maximum Gasteiger partial charge on any atom is 0.0512 e. The minimum absolute atomic E-state index is 0.175. The third-order valence-corrected chi connectivity index (χ3v) is 3.90. The molecule has 2 unspecified atom stereocenters. The van der Waals surface area contributed by atoms with Gasteiger partial charge in [-0.3, -0.25) is 0 Å². The summed E-state index contributed by atoms with van der Waals surface area (Å²) in [6.45, 7) is 3.86. The van der Waals surface area contributed by atoms with E-state index in [2.05, 4.69) is 19.1 Å². The zero-order valence-electron chi connectivity index (χ0n) is 8.53. The lowest BCUT2D eigenvalue weighted by Crippen LogP contribution is -2.28. The number of rotatable bonds is 2. The predicted molar refractivity (Wildman–Crippen MR) is 59.5 cm³/mol. The van der Waals surface area contributed by atoms with Crippen LogP contribution in [0.25, 0.3) is 0 Å². The molecule has 1 aliphatic rings. The molecule has 1 fully saturated rings. The molecule has 1 saturated heterocycles. The van der Waals surface area contributed by atoms with Crippen LogP contribution in [0.15, 0.2) is 12.1 Å². The van der Waals surface area contributed by atoms with Crippen LogP contribution in [0.3, 0.4) is 0 Å². The highest BCUT2D eigenvalue weighted by atomic mass is 32.1. The van der Waals surface area contributed by atoms with Gasteiger partial charge in [-0.05, 0) is 31.9 Å². The molecule has 0 aromatic carbocycles. The van der Waals surface area contributed by atoms with Crippen molar-refractivity contribution < 1.29 is 4.74 Å². The molecule has 2 heterocycles. The fourth-order valence-electron chi connectivity index (χ4n) is 1.91. The van der Waals surface area contributed by atoms with Gasteiger partial charge in [0, 0.05) is 28.3 Å². The molecule has 0 bridgehead atoms. The molecule has 1 aromatic rings. The molecule has 78 valence electrons. The van der Waals surface area contributed by atoms with Crippen LogP contribution in [-0.2, 0) is 4.74 Å². The Morgan fingerprint density at radius 2 is 2.43 bits per heavy atom. The Balaban J connectivity index is 2.03. The highest BCUT2D eigenvalue weighted by Crippen LogP contribution is 2.30. The first-order valence-corrected chi connectivity index (χ1v) is 5.98. The molecule has 1 aliphatic heterocycles. The zero-order chi connectivity index (χ0) is 9.97. The van der Waals surface area contributed by atoms with Crippen molar-refractivity contribution in [2.75, 3.05) is 13.2 Å². The fraction of sp³-hybridized carbons (Fsp3) is 0.636. The molecule has 0 amide bonds. The number of ether oxygens (including phenoxy) is 1. The Labute approximate surface area is 89.1 Å². The normalized spacial score (nSPS) is 24.9. The number of nitrogens with two attached hydrogens (primary N) is 1. The van der Waals surface area contributed by atoms with Crippen LogP contribution >= 0.6 is 11.3 Å². The van der Waals surface area contributed by atoms with Crippen LogP contribution in [0.2, 0.25) is 0 Å². The number of hydrogen-bond donors (Lipinski definition) is 1. The smallest absolute Gasteiger partial charge is 0.0512 e. The molecule has 2 rings (SSSR count). The van der Waals surface area contributed by atoms with E-state index >= 15 is 0 Å². The number of aryl methyl sites for hydroxylation is 1. The number of thiophene rings is 1. The van der Waals surface area contributed by atoms with Gasteiger partial charge in [-0.15, -0.1) is 11.3 Å². The molecule has 14 heavy (non-hydrogen) atoms. The summed E-state index contributed by atoms with van der Waals surface area (Å²) in [6.07, 6.45) is 2.36. The third kappa shape index (κ3) is 2.16. The monoisotopic (exact) mass is 211 g/mol. The van der Waals surface area contributed by atoms with Crippen molar-refractivity contribution in [1.29, 1.82) is 0 Å². The molecular weight excluding hydrogens is 194 g/mol. The first-order chi connectivity index (χ1) is 6.77. The minimum atomic E-state index is 0.175. The van der Waals surface area contributed by atoms with Crippen LogP contribution in [0.1, 0.15) is 28.6 Å². The van der Waals surface area contributed by atoms with Crippen LogP contribution in [0, 0.1) is 12.8 Å². The molecule has 1 aromatic heterocycles. The molecule has 0 saturated carbocycles. The Morgan fingerprint density at radius 1 is 1.57 bits per heavy atom. The Kier molecular flexibility index (Phi) is 3.21. The molecule has 3 heteroatoms. The molecule has 2 N–H and O–H groups in total. The highest BCUT2D eigenvalue weighted by molar-refractivity contribution is 7.12. The largest absolute Gasteiger partial charge is 0.381 e. The van der Waals surface area contributed by atoms with E-state index in [1.165, 1.54) is 16.2 Å². The van der Waals surface area contributed by atoms with Gasteiger partial charge in [0.05, 0.1) is 6.61 Å². The van der Waals surface area contributed by atoms with Crippen molar-refractivity contribution in [3.8, 4) is 0 Å². The first-order valence-electron chi connectivity index (χ1n) is 5.17. The molecule has 2 nitrogen and oxygen atoms in total. The maximum atomic E-state index is 6.21. The van der Waals surface area contributed by atoms with Crippen LogP contribution in [0.5, 0.6) is 0 Å². The van der Waals surface area contributed by atoms with Crippen molar-refractivity contribution in [2.45, 2.75) is 25.8 Å². The second-order valence-electron chi connectivity index (χ2n) is 3.95. The topological polar surface area (TPSA) is 35.2 Å².